The van der Waals surface area contributed by atoms with Crippen LogP contribution in [0.15, 0.2) is 42.5 Å². The van der Waals surface area contributed by atoms with Gasteiger partial charge in [-0.2, -0.15) is 0 Å². The number of nitrogens with zero attached hydrogens (tertiary/aromatic N) is 1. The summed E-state index contributed by atoms with van der Waals surface area (Å²) in [5.74, 6) is -0.596. The van der Waals surface area contributed by atoms with Crippen LogP contribution in [0, 0.1) is 6.92 Å². The molecule has 0 radical (unpaired) electrons. The molecule has 21 heavy (non-hydrogen) atoms. The normalized spacial score (nSPS) is 10.8. The van der Waals surface area contributed by atoms with Crippen LogP contribution in [-0.2, 0) is 6.54 Å². The van der Waals surface area contributed by atoms with Gasteiger partial charge in [-0.3, -0.25) is 9.69 Å². The molecule has 0 spiro atoms. The van der Waals surface area contributed by atoms with Gasteiger partial charge in [-0.15, -0.1) is 0 Å². The van der Waals surface area contributed by atoms with Gasteiger partial charge in [-0.1, -0.05) is 29.8 Å². The monoisotopic (exact) mass is 285 g/mol. The average molecular weight is 285 g/mol. The highest BCUT2D eigenvalue weighted by atomic mass is 16.3. The Labute approximate surface area is 124 Å². The van der Waals surface area contributed by atoms with E-state index in [0.717, 1.165) is 5.56 Å². The number of rotatable bonds is 5. The maximum atomic E-state index is 12.1. The first-order valence-electron chi connectivity index (χ1n) is 6.75. The summed E-state index contributed by atoms with van der Waals surface area (Å²) < 4.78 is 0. The van der Waals surface area contributed by atoms with Crippen molar-refractivity contribution in [3.63, 3.8) is 0 Å². The SMILES string of the molecule is Cc1ccc(CN(C)CC(=O)c2ccc(O)c(O)c2)cc1. The maximum absolute atomic E-state index is 12.1. The summed E-state index contributed by atoms with van der Waals surface area (Å²) in [5, 5.41) is 18.7. The van der Waals surface area contributed by atoms with Crippen LogP contribution in [0.4, 0.5) is 0 Å². The Bertz CT molecular complexity index is 635. The van der Waals surface area contributed by atoms with E-state index in [1.54, 1.807) is 0 Å². The first-order chi connectivity index (χ1) is 9.95. The number of hydrogen-bond acceptors (Lipinski definition) is 4. The molecule has 0 saturated heterocycles. The molecule has 4 nitrogen and oxygen atoms in total. The van der Waals surface area contributed by atoms with Crippen LogP contribution in [0.5, 0.6) is 11.5 Å². The van der Waals surface area contributed by atoms with Crippen molar-refractivity contribution in [1.29, 1.82) is 0 Å². The minimum Gasteiger partial charge on any atom is -0.504 e. The third kappa shape index (κ3) is 4.07. The Morgan fingerprint density at radius 2 is 1.71 bits per heavy atom. The van der Waals surface area contributed by atoms with Gasteiger partial charge in [0.25, 0.3) is 0 Å². The maximum Gasteiger partial charge on any atom is 0.176 e. The van der Waals surface area contributed by atoms with E-state index in [1.807, 2.05) is 43.1 Å². The third-order valence-corrected chi connectivity index (χ3v) is 3.28. The van der Waals surface area contributed by atoms with Crippen molar-refractivity contribution in [3.8, 4) is 11.5 Å². The second kappa shape index (κ2) is 6.41. The lowest BCUT2D eigenvalue weighted by Gasteiger charge is -2.16. The van der Waals surface area contributed by atoms with E-state index in [9.17, 15) is 15.0 Å². The van der Waals surface area contributed by atoms with Gasteiger partial charge in [-0.05, 0) is 37.7 Å². The van der Waals surface area contributed by atoms with Gasteiger partial charge in [0.1, 0.15) is 0 Å². The number of phenolic OH excluding ortho intramolecular Hbond substituents is 2. The average Bonchev–Trinajstić information content (AvgIpc) is 2.44. The quantitative estimate of drug-likeness (QED) is 0.655. The molecule has 0 aromatic heterocycles. The molecule has 2 aromatic rings. The van der Waals surface area contributed by atoms with Crippen molar-refractivity contribution in [2.75, 3.05) is 13.6 Å². The minimum atomic E-state index is -0.276. The molecule has 0 aliphatic carbocycles. The van der Waals surface area contributed by atoms with E-state index in [0.29, 0.717) is 12.1 Å². The lowest BCUT2D eigenvalue weighted by atomic mass is 10.1. The Morgan fingerprint density at radius 1 is 1.05 bits per heavy atom. The minimum absolute atomic E-state index is 0.0973. The van der Waals surface area contributed by atoms with Gasteiger partial charge < -0.3 is 10.2 Å². The summed E-state index contributed by atoms with van der Waals surface area (Å²) in [6.07, 6.45) is 0. The highest BCUT2D eigenvalue weighted by Crippen LogP contribution is 2.25. The van der Waals surface area contributed by atoms with Crippen molar-refractivity contribution < 1.29 is 15.0 Å². The summed E-state index contributed by atoms with van der Waals surface area (Å²) in [6, 6.07) is 12.3. The van der Waals surface area contributed by atoms with E-state index < -0.39 is 0 Å². The number of aryl methyl sites for hydroxylation is 1. The molecule has 0 heterocycles. The van der Waals surface area contributed by atoms with Gasteiger partial charge in [0.15, 0.2) is 17.3 Å². The molecule has 0 amide bonds. The Balaban J connectivity index is 1.98. The molecule has 0 atom stereocenters. The molecular formula is C17H19NO3. The van der Waals surface area contributed by atoms with Gasteiger partial charge in [0.2, 0.25) is 0 Å². The summed E-state index contributed by atoms with van der Waals surface area (Å²) in [4.78, 5) is 14.0. The Morgan fingerprint density at radius 3 is 2.33 bits per heavy atom. The van der Waals surface area contributed by atoms with Gasteiger partial charge in [-0.25, -0.2) is 0 Å². The summed E-state index contributed by atoms with van der Waals surface area (Å²) >= 11 is 0. The zero-order chi connectivity index (χ0) is 15.4. The molecule has 2 aromatic carbocycles. The molecule has 2 N–H and O–H groups in total. The fourth-order valence-electron chi connectivity index (χ4n) is 2.09. The topological polar surface area (TPSA) is 60.8 Å². The van der Waals surface area contributed by atoms with Gasteiger partial charge in [0, 0.05) is 12.1 Å². The van der Waals surface area contributed by atoms with E-state index in [1.165, 1.54) is 23.8 Å². The van der Waals surface area contributed by atoms with Crippen molar-refractivity contribution in [2.24, 2.45) is 0 Å². The largest absolute Gasteiger partial charge is 0.504 e. The molecule has 0 saturated carbocycles. The highest BCUT2D eigenvalue weighted by molar-refractivity contribution is 5.98. The zero-order valence-corrected chi connectivity index (χ0v) is 12.2. The van der Waals surface area contributed by atoms with Crippen LogP contribution >= 0.6 is 0 Å². The molecule has 0 unspecified atom stereocenters. The number of carbonyl (C=O) groups excluding carboxylic acids is 1. The summed E-state index contributed by atoms with van der Waals surface area (Å²) in [7, 11) is 1.87. The van der Waals surface area contributed by atoms with Crippen molar-refractivity contribution in [2.45, 2.75) is 13.5 Å². The Hall–Kier alpha value is -2.33. The second-order valence-electron chi connectivity index (χ2n) is 5.28. The molecule has 4 heteroatoms. The molecular weight excluding hydrogens is 266 g/mol. The highest BCUT2D eigenvalue weighted by Gasteiger charge is 2.11. The van der Waals surface area contributed by atoms with E-state index in [-0.39, 0.29) is 23.8 Å². The van der Waals surface area contributed by atoms with E-state index in [2.05, 4.69) is 0 Å². The van der Waals surface area contributed by atoms with E-state index in [4.69, 9.17) is 0 Å². The van der Waals surface area contributed by atoms with Crippen LogP contribution in [0.25, 0.3) is 0 Å². The van der Waals surface area contributed by atoms with Gasteiger partial charge >= 0.3 is 0 Å². The van der Waals surface area contributed by atoms with Crippen LogP contribution in [0.2, 0.25) is 0 Å². The lowest BCUT2D eigenvalue weighted by molar-refractivity contribution is 0.0942. The fourth-order valence-corrected chi connectivity index (χ4v) is 2.09. The molecule has 2 rings (SSSR count). The van der Waals surface area contributed by atoms with Gasteiger partial charge in [0.05, 0.1) is 6.54 Å². The predicted octanol–water partition coefficient (Wildman–Crippen LogP) is 2.72. The van der Waals surface area contributed by atoms with Crippen LogP contribution < -0.4 is 0 Å². The molecule has 0 aliphatic heterocycles. The molecule has 0 fully saturated rings. The number of Topliss-reactive ketones (excluding diaryl/α,β-unsaturated/α-hetero) is 1. The third-order valence-electron chi connectivity index (χ3n) is 3.28. The second-order valence-corrected chi connectivity index (χ2v) is 5.28. The number of carbonyl (C=O) groups is 1. The number of likely N-dealkylation sites (N-methyl/N-ethyl adjacent to an activating group) is 1. The molecule has 0 aliphatic rings. The smallest absolute Gasteiger partial charge is 0.176 e. The first-order valence-corrected chi connectivity index (χ1v) is 6.75. The zero-order valence-electron chi connectivity index (χ0n) is 12.2. The first kappa shape index (κ1) is 15.1. The van der Waals surface area contributed by atoms with Crippen LogP contribution in [-0.4, -0.2) is 34.5 Å². The van der Waals surface area contributed by atoms with Crippen LogP contribution in [0.1, 0.15) is 21.5 Å². The lowest BCUT2D eigenvalue weighted by Crippen LogP contribution is -2.25. The standard InChI is InChI=1S/C17H19NO3/c1-12-3-5-13(6-4-12)10-18(2)11-17(21)14-7-8-15(19)16(20)9-14/h3-9,19-20H,10-11H2,1-2H3. The van der Waals surface area contributed by atoms with Crippen molar-refractivity contribution in [3.05, 3.63) is 59.2 Å². The summed E-state index contributed by atoms with van der Waals surface area (Å²) in [5.41, 5.74) is 2.74. The summed E-state index contributed by atoms with van der Waals surface area (Å²) in [6.45, 7) is 2.96. The number of hydrogen-bond donors (Lipinski definition) is 2. The van der Waals surface area contributed by atoms with Crippen molar-refractivity contribution in [1.82, 2.24) is 4.90 Å². The van der Waals surface area contributed by atoms with E-state index >= 15 is 0 Å². The predicted molar refractivity (Wildman–Crippen MR) is 81.6 cm³/mol. The van der Waals surface area contributed by atoms with Crippen molar-refractivity contribution >= 4 is 5.78 Å². The number of ketones is 1. The number of aromatic hydroxyl groups is 2. The number of benzene rings is 2. The fraction of sp³-hybridized carbons (Fsp3) is 0.235. The molecule has 0 bridgehead atoms. The van der Waals surface area contributed by atoms with Crippen LogP contribution in [0.3, 0.4) is 0 Å². The molecule has 110 valence electrons. The Kier molecular flexibility index (Phi) is 4.60. The number of phenols is 2.